The van der Waals surface area contributed by atoms with Crippen molar-refractivity contribution in [2.45, 2.75) is 40.9 Å². The predicted molar refractivity (Wildman–Crippen MR) is 163 cm³/mol. The van der Waals surface area contributed by atoms with Crippen molar-refractivity contribution < 1.29 is 72.6 Å². The maximum Gasteiger partial charge on any atom is 0.416 e. The normalized spacial score (nSPS) is 28.4. The van der Waals surface area contributed by atoms with Gasteiger partial charge in [-0.3, -0.25) is 19.2 Å². The lowest BCUT2D eigenvalue weighted by Crippen LogP contribution is -2.60. The largest absolute Gasteiger partial charge is 0.508 e. The third-order valence-electron chi connectivity index (χ3n) is 10.3. The number of imide groups is 2. The van der Waals surface area contributed by atoms with E-state index in [2.05, 4.69) is 0 Å². The maximum atomic E-state index is 15.1. The molecule has 3 fully saturated rings. The fraction of sp³-hybridized carbons (Fsp3) is 0.294. The Hall–Kier alpha value is -4.71. The molecule has 7 nitrogen and oxygen atoms in total. The van der Waals surface area contributed by atoms with Gasteiger partial charge in [0.05, 0.1) is 28.7 Å². The minimum Gasteiger partial charge on any atom is -0.508 e. The third kappa shape index (κ3) is 5.00. The number of allylic oxidation sites excluding steroid dienone is 2. The van der Waals surface area contributed by atoms with E-state index < -0.39 is 144 Å². The highest BCUT2D eigenvalue weighted by atomic mass is 35.5. The number of hydrogen-bond acceptors (Lipinski definition) is 5. The molecule has 3 aromatic rings. The zero-order valence-corrected chi connectivity index (χ0v) is 27.7. The van der Waals surface area contributed by atoms with Gasteiger partial charge in [-0.2, -0.15) is 26.3 Å². The van der Waals surface area contributed by atoms with Crippen LogP contribution < -0.4 is 9.80 Å². The second kappa shape index (κ2) is 11.9. The lowest BCUT2D eigenvalue weighted by Gasteiger charge is -2.50. The smallest absolute Gasteiger partial charge is 0.416 e. The summed E-state index contributed by atoms with van der Waals surface area (Å²) in [6, 6.07) is 4.69. The van der Waals surface area contributed by atoms with Crippen molar-refractivity contribution in [3.05, 3.63) is 99.9 Å². The fourth-order valence-corrected chi connectivity index (χ4v) is 8.90. The molecule has 6 atom stereocenters. The van der Waals surface area contributed by atoms with E-state index in [0.717, 1.165) is 12.1 Å². The first-order valence-corrected chi connectivity index (χ1v) is 16.2. The van der Waals surface area contributed by atoms with Gasteiger partial charge in [-0.25, -0.2) is 31.8 Å². The molecule has 6 unspecified atom stereocenters. The number of carbonyl (C=O) groups excluding carboxylic acids is 4. The molecule has 284 valence electrons. The van der Waals surface area contributed by atoms with Gasteiger partial charge in [0.2, 0.25) is 17.6 Å². The van der Waals surface area contributed by atoms with Crippen LogP contribution in [0.15, 0.2) is 54.1 Å². The molecule has 0 aromatic heterocycles. The van der Waals surface area contributed by atoms with Gasteiger partial charge in [0.25, 0.3) is 11.8 Å². The number of aromatic hydroxyl groups is 1. The molecule has 2 heterocycles. The van der Waals surface area contributed by atoms with E-state index in [1.807, 2.05) is 0 Å². The first kappa shape index (κ1) is 37.6. The Bertz CT molecular complexity index is 2200. The molecule has 1 saturated carbocycles. The van der Waals surface area contributed by atoms with E-state index in [1.54, 1.807) is 0 Å². The van der Waals surface area contributed by atoms with E-state index in [9.17, 15) is 63.8 Å². The van der Waals surface area contributed by atoms with Gasteiger partial charge in [0.1, 0.15) is 11.4 Å². The number of alkyl halides is 8. The highest BCUT2D eigenvalue weighted by Gasteiger charge is 2.77. The van der Waals surface area contributed by atoms with E-state index in [0.29, 0.717) is 0 Å². The molecule has 0 radical (unpaired) electrons. The van der Waals surface area contributed by atoms with E-state index in [1.165, 1.54) is 18.2 Å². The van der Waals surface area contributed by atoms with Crippen LogP contribution in [-0.4, -0.2) is 38.5 Å². The van der Waals surface area contributed by atoms with Crippen molar-refractivity contribution in [2.75, 3.05) is 9.80 Å². The number of phenolic OH excluding ortho intramolecular Hbond substituents is 1. The van der Waals surface area contributed by atoms with Crippen molar-refractivity contribution in [3.63, 3.8) is 0 Å². The van der Waals surface area contributed by atoms with Crippen LogP contribution in [-0.2, 0) is 31.5 Å². The number of amides is 4. The van der Waals surface area contributed by atoms with Crippen LogP contribution in [0.4, 0.5) is 59.7 Å². The molecule has 54 heavy (non-hydrogen) atoms. The van der Waals surface area contributed by atoms with Crippen molar-refractivity contribution >= 4 is 58.2 Å². The molecular formula is C34H17Cl2F11N2O5. The average molecular weight is 813 g/mol. The van der Waals surface area contributed by atoms with Crippen molar-refractivity contribution in [1.82, 2.24) is 0 Å². The summed E-state index contributed by atoms with van der Waals surface area (Å²) in [5, 5.41) is 10.3. The molecule has 4 amide bonds. The van der Waals surface area contributed by atoms with Gasteiger partial charge < -0.3 is 5.11 Å². The van der Waals surface area contributed by atoms with Crippen LogP contribution in [0.5, 0.6) is 5.75 Å². The molecular weight excluding hydrogens is 796 g/mol. The van der Waals surface area contributed by atoms with Crippen LogP contribution >= 0.6 is 23.2 Å². The van der Waals surface area contributed by atoms with E-state index in [4.69, 9.17) is 23.2 Å². The van der Waals surface area contributed by atoms with Crippen LogP contribution in [0.25, 0.3) is 0 Å². The number of rotatable bonds is 3. The quantitative estimate of drug-likeness (QED) is 0.0726. The SMILES string of the molecule is O=C1C2CC=C3C(CC4(Cl)C(=O)N(c5c(F)c(F)c(F)c(F)c5F)C(=O)C4(Cl)C3c3cccc(O)c3)C2C(=O)N1c1cc(C(F)(F)F)cc(C(F)(F)F)c1. The molecule has 2 saturated heterocycles. The standard InChI is InChI=1S/C34H17Cl2F11N2O5/c35-31-10-18-16(4-5-17-19(18)28(52)48(27(17)51)14-8-12(33(42,43)44)7-13(9-14)34(45,46)47)20(11-2-1-3-15(50)6-11)32(31,36)30(54)49(29(31)53)26-24(40)22(38)21(37)23(39)25(26)41/h1-4,6-9,17-20,50H,5,10H2. The summed E-state index contributed by atoms with van der Waals surface area (Å²) in [4.78, 5) is 50.1. The number of benzene rings is 3. The Labute approximate surface area is 304 Å². The van der Waals surface area contributed by atoms with Gasteiger partial charge in [-0.15, -0.1) is 23.2 Å². The fourth-order valence-electron chi connectivity index (χ4n) is 7.97. The Kier molecular flexibility index (Phi) is 8.28. The number of phenols is 1. The molecule has 0 bridgehead atoms. The highest BCUT2D eigenvalue weighted by molar-refractivity contribution is 6.58. The zero-order chi connectivity index (χ0) is 39.8. The lowest BCUT2D eigenvalue weighted by atomic mass is 9.56. The van der Waals surface area contributed by atoms with Crippen molar-refractivity contribution in [2.24, 2.45) is 17.8 Å². The number of fused-ring (bicyclic) bond motifs is 4. The second-order valence-electron chi connectivity index (χ2n) is 13.1. The Morgan fingerprint density at radius 1 is 0.704 bits per heavy atom. The summed E-state index contributed by atoms with van der Waals surface area (Å²) in [7, 11) is 0. The van der Waals surface area contributed by atoms with Gasteiger partial charge in [0, 0.05) is 5.92 Å². The van der Waals surface area contributed by atoms with Crippen LogP contribution in [0.3, 0.4) is 0 Å². The Morgan fingerprint density at radius 2 is 1.26 bits per heavy atom. The average Bonchev–Trinajstić information content (AvgIpc) is 3.43. The Balaban J connectivity index is 1.41. The number of halogens is 13. The molecule has 0 spiro atoms. The molecule has 3 aromatic carbocycles. The minimum absolute atomic E-state index is 0.0726. The summed E-state index contributed by atoms with van der Waals surface area (Å²) in [5.41, 5.74) is -7.05. The molecule has 2 aliphatic heterocycles. The minimum atomic E-state index is -5.37. The molecule has 7 rings (SSSR count). The highest BCUT2D eigenvalue weighted by Crippen LogP contribution is 2.66. The molecule has 2 aliphatic carbocycles. The molecule has 1 N–H and O–H groups in total. The van der Waals surface area contributed by atoms with Crippen LogP contribution in [0, 0.1) is 46.8 Å². The summed E-state index contributed by atoms with van der Waals surface area (Å²) < 4.78 is 155. The predicted octanol–water partition coefficient (Wildman–Crippen LogP) is 7.89. The van der Waals surface area contributed by atoms with Gasteiger partial charge in [-0.05, 0) is 54.7 Å². The monoisotopic (exact) mass is 812 g/mol. The van der Waals surface area contributed by atoms with Gasteiger partial charge in [-0.1, -0.05) is 23.8 Å². The van der Waals surface area contributed by atoms with Crippen molar-refractivity contribution in [3.8, 4) is 5.75 Å². The van der Waals surface area contributed by atoms with Crippen molar-refractivity contribution in [1.29, 1.82) is 0 Å². The number of anilines is 2. The zero-order valence-electron chi connectivity index (χ0n) is 26.2. The van der Waals surface area contributed by atoms with E-state index in [-0.39, 0.29) is 34.2 Å². The summed E-state index contributed by atoms with van der Waals surface area (Å²) in [6.45, 7) is 0. The van der Waals surface area contributed by atoms with Gasteiger partial charge in [0.15, 0.2) is 33.0 Å². The summed E-state index contributed by atoms with van der Waals surface area (Å²) >= 11 is 13.9. The molecule has 4 aliphatic rings. The Morgan fingerprint density at radius 3 is 1.80 bits per heavy atom. The first-order valence-electron chi connectivity index (χ1n) is 15.4. The van der Waals surface area contributed by atoms with Crippen LogP contribution in [0.2, 0.25) is 0 Å². The number of nitrogens with zero attached hydrogens (tertiary/aromatic N) is 2. The third-order valence-corrected chi connectivity index (χ3v) is 11.7. The molecule has 20 heteroatoms. The summed E-state index contributed by atoms with van der Waals surface area (Å²) in [6.07, 6.45) is -10.9. The maximum absolute atomic E-state index is 15.1. The van der Waals surface area contributed by atoms with Crippen LogP contribution in [0.1, 0.15) is 35.4 Å². The second-order valence-corrected chi connectivity index (χ2v) is 14.3. The number of carbonyl (C=O) groups is 4. The topological polar surface area (TPSA) is 95.0 Å². The van der Waals surface area contributed by atoms with Gasteiger partial charge >= 0.3 is 12.4 Å². The number of hydrogen-bond donors (Lipinski definition) is 1. The summed E-state index contributed by atoms with van der Waals surface area (Å²) in [5.74, 6) is -26.2. The van der Waals surface area contributed by atoms with E-state index >= 15 is 8.78 Å². The first-order chi connectivity index (χ1) is 25.0. The lowest BCUT2D eigenvalue weighted by molar-refractivity contribution is -0.143.